The lowest BCUT2D eigenvalue weighted by molar-refractivity contribution is -0.134. The van der Waals surface area contributed by atoms with Gasteiger partial charge in [0.1, 0.15) is 23.9 Å². The molecular formula is C27H29FN2O4S. The molecule has 184 valence electrons. The van der Waals surface area contributed by atoms with Crippen molar-refractivity contribution in [3.05, 3.63) is 81.3 Å². The van der Waals surface area contributed by atoms with Crippen LogP contribution < -0.4 is 9.47 Å². The number of fused-ring (bicyclic) bond motifs is 1. The van der Waals surface area contributed by atoms with Crippen LogP contribution in [0.15, 0.2) is 53.9 Å². The number of hydrogen-bond donors (Lipinski definition) is 0. The molecule has 0 radical (unpaired) electrons. The van der Waals surface area contributed by atoms with E-state index in [0.29, 0.717) is 36.6 Å². The fraction of sp³-hybridized carbons (Fsp3) is 0.333. The smallest absolute Gasteiger partial charge is 0.258 e. The first-order valence-electron chi connectivity index (χ1n) is 11.6. The Hall–Kier alpha value is -3.39. The van der Waals surface area contributed by atoms with Crippen molar-refractivity contribution in [1.82, 2.24) is 9.80 Å². The summed E-state index contributed by atoms with van der Waals surface area (Å²) in [7, 11) is 3.05. The monoisotopic (exact) mass is 496 g/mol. The molecule has 0 saturated heterocycles. The zero-order valence-electron chi connectivity index (χ0n) is 20.1. The van der Waals surface area contributed by atoms with Crippen molar-refractivity contribution in [2.24, 2.45) is 0 Å². The molecule has 35 heavy (non-hydrogen) atoms. The third kappa shape index (κ3) is 5.17. The Morgan fingerprint density at radius 1 is 1.11 bits per heavy atom. The maximum absolute atomic E-state index is 13.7. The topological polar surface area (TPSA) is 59.1 Å². The fourth-order valence-electron chi connectivity index (χ4n) is 4.51. The van der Waals surface area contributed by atoms with Crippen LogP contribution in [0.1, 0.15) is 45.7 Å². The van der Waals surface area contributed by atoms with E-state index in [2.05, 4.69) is 0 Å². The Bertz CT molecular complexity index is 1190. The molecule has 1 atom stereocenters. The van der Waals surface area contributed by atoms with E-state index in [-0.39, 0.29) is 30.2 Å². The molecule has 2 amide bonds. The van der Waals surface area contributed by atoms with Crippen LogP contribution >= 0.6 is 11.3 Å². The number of rotatable bonds is 8. The van der Waals surface area contributed by atoms with E-state index in [1.54, 1.807) is 53.7 Å². The molecule has 1 aromatic heterocycles. The first-order valence-corrected chi connectivity index (χ1v) is 12.5. The molecule has 3 aromatic rings. The highest BCUT2D eigenvalue weighted by molar-refractivity contribution is 7.10. The van der Waals surface area contributed by atoms with Gasteiger partial charge in [-0.3, -0.25) is 9.59 Å². The lowest BCUT2D eigenvalue weighted by Gasteiger charge is -2.37. The molecule has 0 fully saturated rings. The second-order valence-electron chi connectivity index (χ2n) is 8.38. The first-order chi connectivity index (χ1) is 17.0. The number of hydrogen-bond acceptors (Lipinski definition) is 5. The fourth-order valence-corrected chi connectivity index (χ4v) is 5.42. The molecule has 6 nitrogen and oxygen atoms in total. The van der Waals surface area contributed by atoms with Gasteiger partial charge in [-0.05, 0) is 59.7 Å². The van der Waals surface area contributed by atoms with Crippen molar-refractivity contribution in [3.8, 4) is 11.5 Å². The van der Waals surface area contributed by atoms with E-state index >= 15 is 0 Å². The highest BCUT2D eigenvalue weighted by Gasteiger charge is 2.34. The van der Waals surface area contributed by atoms with Crippen molar-refractivity contribution in [2.75, 3.05) is 33.9 Å². The number of amides is 2. The number of carbonyl (C=O) groups excluding carboxylic acids is 2. The summed E-state index contributed by atoms with van der Waals surface area (Å²) in [4.78, 5) is 31.7. The molecule has 2 aromatic carbocycles. The van der Waals surface area contributed by atoms with Crippen LogP contribution in [-0.2, 0) is 11.2 Å². The van der Waals surface area contributed by atoms with Gasteiger partial charge in [0.25, 0.3) is 5.91 Å². The molecule has 1 aliphatic heterocycles. The lowest BCUT2D eigenvalue weighted by atomic mass is 9.93. The molecule has 1 unspecified atom stereocenters. The van der Waals surface area contributed by atoms with Gasteiger partial charge in [0.15, 0.2) is 0 Å². The molecule has 8 heteroatoms. The average Bonchev–Trinajstić information content (AvgIpc) is 3.36. The number of ether oxygens (including phenoxy) is 2. The Labute approximate surface area is 208 Å². The van der Waals surface area contributed by atoms with E-state index in [9.17, 15) is 14.0 Å². The van der Waals surface area contributed by atoms with Crippen molar-refractivity contribution < 1.29 is 23.5 Å². The normalized spacial score (nSPS) is 14.9. The lowest BCUT2D eigenvalue weighted by Crippen LogP contribution is -2.47. The minimum atomic E-state index is -0.318. The molecule has 0 aliphatic carbocycles. The summed E-state index contributed by atoms with van der Waals surface area (Å²) in [5, 5.41) is 2.03. The molecule has 0 N–H and O–H groups in total. The van der Waals surface area contributed by atoms with E-state index in [4.69, 9.17) is 9.47 Å². The number of carbonyl (C=O) groups is 2. The largest absolute Gasteiger partial charge is 0.497 e. The number of halogens is 1. The minimum absolute atomic E-state index is 0.0565. The van der Waals surface area contributed by atoms with Crippen LogP contribution in [0.25, 0.3) is 0 Å². The van der Waals surface area contributed by atoms with Gasteiger partial charge in [-0.1, -0.05) is 19.1 Å². The number of methoxy groups -OCH3 is 2. The zero-order chi connectivity index (χ0) is 24.9. The summed E-state index contributed by atoms with van der Waals surface area (Å²) in [5.74, 6) is 0.240. The van der Waals surface area contributed by atoms with Crippen LogP contribution in [0.3, 0.4) is 0 Å². The standard InChI is InChI=1S/C27H29FN2O4S/c1-4-13-29(27(32)21-10-9-20(33-2)16-23(21)34-3)17-25(31)30-14-11-24-22(12-15-35-24)26(30)18-5-7-19(28)8-6-18/h5-10,12,15-16,26H,4,11,13-14,17H2,1-3H3. The van der Waals surface area contributed by atoms with Crippen LogP contribution in [-0.4, -0.2) is 55.5 Å². The van der Waals surface area contributed by atoms with Crippen LogP contribution in [0.4, 0.5) is 4.39 Å². The maximum Gasteiger partial charge on any atom is 0.258 e. The Morgan fingerprint density at radius 3 is 2.57 bits per heavy atom. The minimum Gasteiger partial charge on any atom is -0.497 e. The van der Waals surface area contributed by atoms with Gasteiger partial charge in [-0.2, -0.15) is 0 Å². The molecule has 1 aliphatic rings. The Balaban J connectivity index is 1.61. The molecule has 0 spiro atoms. The highest BCUT2D eigenvalue weighted by atomic mass is 32.1. The van der Waals surface area contributed by atoms with Crippen LogP contribution in [0.2, 0.25) is 0 Å². The van der Waals surface area contributed by atoms with Crippen molar-refractivity contribution in [3.63, 3.8) is 0 Å². The summed E-state index contributed by atoms with van der Waals surface area (Å²) in [6.45, 7) is 2.88. The second-order valence-corrected chi connectivity index (χ2v) is 9.38. The zero-order valence-corrected chi connectivity index (χ0v) is 20.9. The van der Waals surface area contributed by atoms with Crippen molar-refractivity contribution in [2.45, 2.75) is 25.8 Å². The van der Waals surface area contributed by atoms with Gasteiger partial charge in [-0.15, -0.1) is 11.3 Å². The van der Waals surface area contributed by atoms with Gasteiger partial charge < -0.3 is 19.3 Å². The highest BCUT2D eigenvalue weighted by Crippen LogP contribution is 2.38. The van der Waals surface area contributed by atoms with Gasteiger partial charge >= 0.3 is 0 Å². The SMILES string of the molecule is CCCN(CC(=O)N1CCc2sccc2C1c1ccc(F)cc1)C(=O)c1ccc(OC)cc1OC. The molecule has 0 bridgehead atoms. The quantitative estimate of drug-likeness (QED) is 0.444. The first kappa shape index (κ1) is 24.7. The third-order valence-electron chi connectivity index (χ3n) is 6.22. The van der Waals surface area contributed by atoms with E-state index in [1.807, 2.05) is 23.3 Å². The van der Waals surface area contributed by atoms with Crippen molar-refractivity contribution in [1.29, 1.82) is 0 Å². The number of nitrogens with zero attached hydrogens (tertiary/aromatic N) is 2. The predicted octanol–water partition coefficient (Wildman–Crippen LogP) is 4.93. The number of benzene rings is 2. The van der Waals surface area contributed by atoms with Gasteiger partial charge in [0.2, 0.25) is 5.91 Å². The van der Waals surface area contributed by atoms with E-state index in [1.165, 1.54) is 24.1 Å². The van der Waals surface area contributed by atoms with Crippen LogP contribution in [0.5, 0.6) is 11.5 Å². The van der Waals surface area contributed by atoms with E-state index in [0.717, 1.165) is 17.5 Å². The molecular weight excluding hydrogens is 467 g/mol. The third-order valence-corrected chi connectivity index (χ3v) is 7.21. The summed E-state index contributed by atoms with van der Waals surface area (Å²) < 4.78 is 24.3. The molecule has 4 rings (SSSR count). The maximum atomic E-state index is 13.7. The summed E-state index contributed by atoms with van der Waals surface area (Å²) in [6.07, 6.45) is 1.46. The second kappa shape index (κ2) is 10.9. The molecule has 0 saturated carbocycles. The number of thiophene rings is 1. The summed E-state index contributed by atoms with van der Waals surface area (Å²) >= 11 is 1.67. The van der Waals surface area contributed by atoms with Gasteiger partial charge in [0.05, 0.1) is 25.8 Å². The van der Waals surface area contributed by atoms with Crippen LogP contribution in [0, 0.1) is 5.82 Å². The van der Waals surface area contributed by atoms with Gasteiger partial charge in [-0.25, -0.2) is 4.39 Å². The van der Waals surface area contributed by atoms with Gasteiger partial charge in [0, 0.05) is 24.0 Å². The Morgan fingerprint density at radius 2 is 1.89 bits per heavy atom. The summed E-state index contributed by atoms with van der Waals surface area (Å²) in [5.41, 5.74) is 2.29. The Kier molecular flexibility index (Phi) is 7.70. The average molecular weight is 497 g/mol. The molecule has 2 heterocycles. The predicted molar refractivity (Wildman–Crippen MR) is 134 cm³/mol. The van der Waals surface area contributed by atoms with E-state index < -0.39 is 0 Å². The van der Waals surface area contributed by atoms with Crippen molar-refractivity contribution >= 4 is 23.2 Å². The summed E-state index contributed by atoms with van der Waals surface area (Å²) in [6, 6.07) is 13.0.